The third-order valence-corrected chi connectivity index (χ3v) is 3.48. The quantitative estimate of drug-likeness (QED) is 0.883. The Bertz CT molecular complexity index is 468. The maximum atomic E-state index is 11.8. The molecule has 0 aliphatic carbocycles. The standard InChI is InChI=1S/C12H15N3O2S/c1-15-11(16)3-2-10(14-15)12(17)13-6-4-9-5-7-18-8-9/h5,7-8H,2-4,6H2,1H3,(H,13,17). The third-order valence-electron chi connectivity index (χ3n) is 2.75. The monoisotopic (exact) mass is 265 g/mol. The minimum Gasteiger partial charge on any atom is -0.351 e. The summed E-state index contributed by atoms with van der Waals surface area (Å²) in [5.41, 5.74) is 1.65. The summed E-state index contributed by atoms with van der Waals surface area (Å²) in [5.74, 6) is -0.227. The fourth-order valence-corrected chi connectivity index (χ4v) is 2.39. The van der Waals surface area contributed by atoms with E-state index in [-0.39, 0.29) is 11.8 Å². The van der Waals surface area contributed by atoms with Crippen LogP contribution in [-0.4, -0.2) is 36.1 Å². The maximum Gasteiger partial charge on any atom is 0.267 e. The van der Waals surface area contributed by atoms with Crippen LogP contribution in [0.5, 0.6) is 0 Å². The smallest absolute Gasteiger partial charge is 0.267 e. The summed E-state index contributed by atoms with van der Waals surface area (Å²) >= 11 is 1.65. The number of nitrogens with one attached hydrogen (secondary N) is 1. The predicted octanol–water partition coefficient (Wildman–Crippen LogP) is 1.01. The van der Waals surface area contributed by atoms with Crippen LogP contribution in [0, 0.1) is 0 Å². The van der Waals surface area contributed by atoms with Gasteiger partial charge in [-0.05, 0) is 28.8 Å². The number of hydrogen-bond donors (Lipinski definition) is 1. The largest absolute Gasteiger partial charge is 0.351 e. The Morgan fingerprint density at radius 3 is 3.06 bits per heavy atom. The number of hydrazone groups is 1. The van der Waals surface area contributed by atoms with E-state index in [1.54, 1.807) is 18.4 Å². The third kappa shape index (κ3) is 3.16. The van der Waals surface area contributed by atoms with Gasteiger partial charge < -0.3 is 5.32 Å². The lowest BCUT2D eigenvalue weighted by Crippen LogP contribution is -2.38. The van der Waals surface area contributed by atoms with Gasteiger partial charge in [0.25, 0.3) is 5.91 Å². The lowest BCUT2D eigenvalue weighted by atomic mass is 10.1. The summed E-state index contributed by atoms with van der Waals surface area (Å²) in [6.45, 7) is 0.590. The lowest BCUT2D eigenvalue weighted by Gasteiger charge is -2.18. The zero-order chi connectivity index (χ0) is 13.0. The Balaban J connectivity index is 1.81. The molecule has 0 fully saturated rings. The highest BCUT2D eigenvalue weighted by Gasteiger charge is 2.21. The molecule has 96 valence electrons. The first-order valence-corrected chi connectivity index (χ1v) is 6.74. The van der Waals surface area contributed by atoms with Crippen molar-refractivity contribution >= 4 is 28.9 Å². The first-order chi connectivity index (χ1) is 8.66. The van der Waals surface area contributed by atoms with E-state index in [9.17, 15) is 9.59 Å². The molecule has 18 heavy (non-hydrogen) atoms. The van der Waals surface area contributed by atoms with Crippen molar-refractivity contribution < 1.29 is 9.59 Å². The molecule has 0 saturated carbocycles. The van der Waals surface area contributed by atoms with Crippen LogP contribution in [0.2, 0.25) is 0 Å². The van der Waals surface area contributed by atoms with Crippen molar-refractivity contribution in [1.82, 2.24) is 10.3 Å². The minimum atomic E-state index is -0.176. The number of rotatable bonds is 4. The Kier molecular flexibility index (Phi) is 4.09. The molecule has 1 aromatic rings. The van der Waals surface area contributed by atoms with Gasteiger partial charge in [0.1, 0.15) is 5.71 Å². The molecular formula is C12H15N3O2S. The average Bonchev–Trinajstić information content (AvgIpc) is 2.85. The highest BCUT2D eigenvalue weighted by molar-refractivity contribution is 7.07. The van der Waals surface area contributed by atoms with Crippen LogP contribution < -0.4 is 5.32 Å². The molecule has 2 amide bonds. The van der Waals surface area contributed by atoms with Crippen molar-refractivity contribution in [2.24, 2.45) is 5.10 Å². The minimum absolute atomic E-state index is 0.0511. The Labute approximate surface area is 109 Å². The summed E-state index contributed by atoms with van der Waals surface area (Å²) in [4.78, 5) is 23.0. The molecule has 2 rings (SSSR count). The molecule has 1 aromatic heterocycles. The summed E-state index contributed by atoms with van der Waals surface area (Å²) in [7, 11) is 1.57. The van der Waals surface area contributed by atoms with E-state index < -0.39 is 0 Å². The molecule has 0 radical (unpaired) electrons. The first-order valence-electron chi connectivity index (χ1n) is 5.80. The maximum absolute atomic E-state index is 11.8. The van der Waals surface area contributed by atoms with E-state index in [0.717, 1.165) is 6.42 Å². The zero-order valence-corrected chi connectivity index (χ0v) is 11.0. The van der Waals surface area contributed by atoms with Crippen LogP contribution in [-0.2, 0) is 16.0 Å². The van der Waals surface area contributed by atoms with Gasteiger partial charge in [-0.25, -0.2) is 5.01 Å². The van der Waals surface area contributed by atoms with E-state index >= 15 is 0 Å². The van der Waals surface area contributed by atoms with Gasteiger partial charge in [0, 0.05) is 26.4 Å². The number of hydrogen-bond acceptors (Lipinski definition) is 4. The van der Waals surface area contributed by atoms with Crippen molar-refractivity contribution in [2.75, 3.05) is 13.6 Å². The van der Waals surface area contributed by atoms with Crippen LogP contribution in [0.1, 0.15) is 18.4 Å². The van der Waals surface area contributed by atoms with Crippen LogP contribution in [0.25, 0.3) is 0 Å². The van der Waals surface area contributed by atoms with E-state index in [1.807, 2.05) is 11.4 Å². The fourth-order valence-electron chi connectivity index (χ4n) is 1.69. The van der Waals surface area contributed by atoms with Crippen molar-refractivity contribution in [3.05, 3.63) is 22.4 Å². The topological polar surface area (TPSA) is 61.8 Å². The number of thiophene rings is 1. The fraction of sp³-hybridized carbons (Fsp3) is 0.417. The normalized spacial score (nSPS) is 15.5. The molecule has 5 nitrogen and oxygen atoms in total. The van der Waals surface area contributed by atoms with Crippen LogP contribution in [0.3, 0.4) is 0 Å². The Morgan fingerprint density at radius 2 is 2.39 bits per heavy atom. The molecular weight excluding hydrogens is 250 g/mol. The van der Waals surface area contributed by atoms with Gasteiger partial charge in [-0.1, -0.05) is 0 Å². The average molecular weight is 265 g/mol. The van der Waals surface area contributed by atoms with Gasteiger partial charge in [0.15, 0.2) is 0 Å². The van der Waals surface area contributed by atoms with Gasteiger partial charge in [-0.3, -0.25) is 9.59 Å². The highest BCUT2D eigenvalue weighted by atomic mass is 32.1. The summed E-state index contributed by atoms with van der Waals surface area (Å²) in [6, 6.07) is 2.04. The molecule has 1 aliphatic rings. The molecule has 0 atom stereocenters. The summed E-state index contributed by atoms with van der Waals surface area (Å²) in [6.07, 6.45) is 1.60. The van der Waals surface area contributed by atoms with Crippen molar-refractivity contribution in [1.29, 1.82) is 0 Å². The molecule has 0 bridgehead atoms. The molecule has 1 N–H and O–H groups in total. The summed E-state index contributed by atoms with van der Waals surface area (Å²) < 4.78 is 0. The number of carbonyl (C=O) groups is 2. The van der Waals surface area contributed by atoms with Crippen molar-refractivity contribution in [3.8, 4) is 0 Å². The van der Waals surface area contributed by atoms with Gasteiger partial charge in [0.05, 0.1) is 0 Å². The van der Waals surface area contributed by atoms with Crippen LogP contribution in [0.4, 0.5) is 0 Å². The van der Waals surface area contributed by atoms with Crippen molar-refractivity contribution in [2.45, 2.75) is 19.3 Å². The van der Waals surface area contributed by atoms with Gasteiger partial charge in [0.2, 0.25) is 5.91 Å². The highest BCUT2D eigenvalue weighted by Crippen LogP contribution is 2.08. The SMILES string of the molecule is CN1N=C(C(=O)NCCc2ccsc2)CCC1=O. The van der Waals surface area contributed by atoms with Gasteiger partial charge in [-0.2, -0.15) is 16.4 Å². The summed E-state index contributed by atoms with van der Waals surface area (Å²) in [5, 5.41) is 12.1. The number of amides is 2. The van der Waals surface area contributed by atoms with Gasteiger partial charge >= 0.3 is 0 Å². The molecule has 0 aromatic carbocycles. The van der Waals surface area contributed by atoms with Crippen LogP contribution >= 0.6 is 11.3 Å². The second kappa shape index (κ2) is 5.77. The molecule has 0 unspecified atom stereocenters. The van der Waals surface area contributed by atoms with E-state index in [4.69, 9.17) is 0 Å². The second-order valence-corrected chi connectivity index (χ2v) is 4.88. The molecule has 1 aliphatic heterocycles. The molecule has 0 spiro atoms. The molecule has 6 heteroatoms. The molecule has 0 saturated heterocycles. The van der Waals surface area contributed by atoms with E-state index in [2.05, 4.69) is 15.8 Å². The van der Waals surface area contributed by atoms with Gasteiger partial charge in [-0.15, -0.1) is 0 Å². The zero-order valence-electron chi connectivity index (χ0n) is 10.2. The number of nitrogens with zero attached hydrogens (tertiary/aromatic N) is 2. The van der Waals surface area contributed by atoms with Crippen molar-refractivity contribution in [3.63, 3.8) is 0 Å². The Morgan fingerprint density at radius 1 is 1.56 bits per heavy atom. The molecule has 2 heterocycles. The number of carbonyl (C=O) groups excluding carboxylic acids is 2. The van der Waals surface area contributed by atoms with E-state index in [0.29, 0.717) is 25.1 Å². The predicted molar refractivity (Wildman–Crippen MR) is 70.5 cm³/mol. The first kappa shape index (κ1) is 12.8. The van der Waals surface area contributed by atoms with E-state index in [1.165, 1.54) is 10.6 Å². The lowest BCUT2D eigenvalue weighted by molar-refractivity contribution is -0.130. The second-order valence-electron chi connectivity index (χ2n) is 4.10. The van der Waals surface area contributed by atoms with Crippen LogP contribution in [0.15, 0.2) is 21.9 Å². The Hall–Kier alpha value is -1.69.